The summed E-state index contributed by atoms with van der Waals surface area (Å²) in [6, 6.07) is 8.93. The number of nitrogens with one attached hydrogen (secondary N) is 1. The average molecular weight is 344 g/mol. The van der Waals surface area contributed by atoms with E-state index >= 15 is 0 Å². The maximum Gasteiger partial charge on any atom is 0.407 e. The molecule has 25 heavy (non-hydrogen) atoms. The van der Waals surface area contributed by atoms with Crippen molar-refractivity contribution in [3.05, 3.63) is 35.9 Å². The van der Waals surface area contributed by atoms with Gasteiger partial charge in [0.25, 0.3) is 5.91 Å². The summed E-state index contributed by atoms with van der Waals surface area (Å²) >= 11 is 0. The Morgan fingerprint density at radius 2 is 2.12 bits per heavy atom. The van der Waals surface area contributed by atoms with Crippen LogP contribution in [0.5, 0.6) is 11.5 Å². The number of alkyl carbamates (subject to hydrolysis) is 1. The molecule has 0 saturated carbocycles. The van der Waals surface area contributed by atoms with Crippen molar-refractivity contribution in [2.75, 3.05) is 13.7 Å². The highest BCUT2D eigenvalue weighted by Crippen LogP contribution is 2.32. The van der Waals surface area contributed by atoms with E-state index in [9.17, 15) is 9.59 Å². The van der Waals surface area contributed by atoms with Gasteiger partial charge in [-0.1, -0.05) is 12.1 Å². The van der Waals surface area contributed by atoms with Crippen molar-refractivity contribution in [1.82, 2.24) is 5.32 Å². The van der Waals surface area contributed by atoms with E-state index in [-0.39, 0.29) is 12.1 Å². The zero-order chi connectivity index (χ0) is 18.0. The molecule has 3 rings (SSSR count). The molecule has 2 aromatic carbocycles. The molecule has 0 bridgehead atoms. The molecule has 0 aromatic heterocycles. The number of methoxy groups -OCH3 is 1. The van der Waals surface area contributed by atoms with Gasteiger partial charge in [-0.25, -0.2) is 4.79 Å². The fourth-order valence-corrected chi connectivity index (χ4v) is 2.92. The second-order valence-corrected chi connectivity index (χ2v) is 5.89. The van der Waals surface area contributed by atoms with E-state index in [4.69, 9.17) is 19.9 Å². The molecular weight excluding hydrogens is 324 g/mol. The molecule has 2 aromatic rings. The number of nitrogens with two attached hydrogens (primary N) is 1. The molecule has 1 aliphatic rings. The number of hydrogen-bond donors (Lipinski definition) is 2. The van der Waals surface area contributed by atoms with E-state index < -0.39 is 12.0 Å². The Labute approximate surface area is 145 Å². The van der Waals surface area contributed by atoms with Gasteiger partial charge in [-0.2, -0.15) is 0 Å². The highest BCUT2D eigenvalue weighted by atomic mass is 16.6. The third-order valence-electron chi connectivity index (χ3n) is 4.28. The summed E-state index contributed by atoms with van der Waals surface area (Å²) in [5.74, 6) is 0.530. The lowest BCUT2D eigenvalue weighted by molar-refractivity contribution is 0.0997. The number of carbonyl (C=O) groups is 2. The van der Waals surface area contributed by atoms with Crippen LogP contribution in [0.4, 0.5) is 4.79 Å². The smallest absolute Gasteiger partial charge is 0.407 e. The minimum atomic E-state index is -0.545. The molecular formula is C18H20N2O5. The van der Waals surface area contributed by atoms with Gasteiger partial charge < -0.3 is 25.3 Å². The lowest BCUT2D eigenvalue weighted by Gasteiger charge is -2.15. The second-order valence-electron chi connectivity index (χ2n) is 5.89. The topological polar surface area (TPSA) is 99.9 Å². The van der Waals surface area contributed by atoms with Crippen molar-refractivity contribution in [1.29, 1.82) is 0 Å². The Morgan fingerprint density at radius 1 is 1.32 bits per heavy atom. The van der Waals surface area contributed by atoms with Crippen molar-refractivity contribution in [2.24, 2.45) is 5.73 Å². The lowest BCUT2D eigenvalue weighted by atomic mass is 10.0. The number of hydrogen-bond acceptors (Lipinski definition) is 5. The third kappa shape index (κ3) is 3.45. The van der Waals surface area contributed by atoms with Gasteiger partial charge in [0.15, 0.2) is 0 Å². The maximum absolute atomic E-state index is 11.6. The second kappa shape index (κ2) is 6.88. The predicted molar refractivity (Wildman–Crippen MR) is 92.0 cm³/mol. The summed E-state index contributed by atoms with van der Waals surface area (Å²) in [7, 11) is 1.49. The zero-order valence-electron chi connectivity index (χ0n) is 14.1. The van der Waals surface area contributed by atoms with Crippen molar-refractivity contribution >= 4 is 22.8 Å². The molecule has 3 N–H and O–H groups in total. The largest absolute Gasteiger partial charge is 0.496 e. The Hall–Kier alpha value is -2.96. The molecule has 0 spiro atoms. The van der Waals surface area contributed by atoms with Crippen molar-refractivity contribution in [3.8, 4) is 11.5 Å². The number of cyclic esters (lactones) is 1. The van der Waals surface area contributed by atoms with Gasteiger partial charge >= 0.3 is 6.09 Å². The van der Waals surface area contributed by atoms with Crippen molar-refractivity contribution in [3.63, 3.8) is 0 Å². The van der Waals surface area contributed by atoms with Crippen LogP contribution in [0.3, 0.4) is 0 Å². The van der Waals surface area contributed by atoms with E-state index in [2.05, 4.69) is 5.32 Å². The molecule has 0 aliphatic carbocycles. The summed E-state index contributed by atoms with van der Waals surface area (Å²) in [4.78, 5) is 22.8. The van der Waals surface area contributed by atoms with Gasteiger partial charge in [-0.3, -0.25) is 4.79 Å². The Morgan fingerprint density at radius 3 is 2.76 bits per heavy atom. The quantitative estimate of drug-likeness (QED) is 0.837. The van der Waals surface area contributed by atoms with Crippen LogP contribution in [-0.4, -0.2) is 37.9 Å². The number of amides is 2. The van der Waals surface area contributed by atoms with Crippen LogP contribution in [0.2, 0.25) is 0 Å². The van der Waals surface area contributed by atoms with Crippen LogP contribution in [-0.2, 0) is 4.74 Å². The van der Waals surface area contributed by atoms with Crippen molar-refractivity contribution in [2.45, 2.75) is 25.5 Å². The fraction of sp³-hybridized carbons (Fsp3) is 0.333. The minimum absolute atomic E-state index is 0.0709. The molecule has 1 fully saturated rings. The van der Waals surface area contributed by atoms with Gasteiger partial charge in [0, 0.05) is 11.8 Å². The summed E-state index contributed by atoms with van der Waals surface area (Å²) in [6.07, 6.45) is 0.0491. The molecule has 0 unspecified atom stereocenters. The fourth-order valence-electron chi connectivity index (χ4n) is 2.92. The van der Waals surface area contributed by atoms with Crippen LogP contribution in [0.1, 0.15) is 23.7 Å². The normalized spacial score (nSPS) is 19.4. The Bertz CT molecular complexity index is 820. The van der Waals surface area contributed by atoms with Crippen LogP contribution in [0, 0.1) is 0 Å². The summed E-state index contributed by atoms with van der Waals surface area (Å²) in [6.45, 7) is 2.26. The van der Waals surface area contributed by atoms with Crippen LogP contribution in [0.25, 0.3) is 10.8 Å². The average Bonchev–Trinajstić information content (AvgIpc) is 2.91. The first-order chi connectivity index (χ1) is 12.0. The number of benzene rings is 2. The van der Waals surface area contributed by atoms with Crippen LogP contribution >= 0.6 is 0 Å². The predicted octanol–water partition coefficient (Wildman–Crippen LogP) is 2.21. The zero-order valence-corrected chi connectivity index (χ0v) is 14.1. The first-order valence-electron chi connectivity index (χ1n) is 8.00. The Kier molecular flexibility index (Phi) is 4.65. The standard InChI is InChI=1S/C18H20N2O5/c1-10-14(20-18(22)25-10)6-7-24-15-5-3-4-11-8-13(17(19)21)16(23-2)9-12(11)15/h3-5,8-10,14H,6-7H2,1-2H3,(H2,19,21)(H,20,22)/t10-,14-/m1/s1. The van der Waals surface area contributed by atoms with E-state index in [0.29, 0.717) is 30.1 Å². The first kappa shape index (κ1) is 16.9. The summed E-state index contributed by atoms with van der Waals surface area (Å²) < 4.78 is 16.2. The van der Waals surface area contributed by atoms with E-state index in [1.165, 1.54) is 7.11 Å². The maximum atomic E-state index is 11.6. The number of fused-ring (bicyclic) bond motifs is 1. The van der Waals surface area contributed by atoms with Gasteiger partial charge in [0.1, 0.15) is 17.6 Å². The molecule has 0 radical (unpaired) electrons. The molecule has 2 atom stereocenters. The molecule has 132 valence electrons. The molecule has 1 aliphatic heterocycles. The van der Waals surface area contributed by atoms with E-state index in [1.807, 2.05) is 25.1 Å². The number of carbonyl (C=O) groups excluding carboxylic acids is 2. The molecule has 1 saturated heterocycles. The highest BCUT2D eigenvalue weighted by Gasteiger charge is 2.29. The summed E-state index contributed by atoms with van der Waals surface area (Å²) in [5.41, 5.74) is 5.72. The van der Waals surface area contributed by atoms with Gasteiger partial charge in [-0.15, -0.1) is 0 Å². The lowest BCUT2D eigenvalue weighted by Crippen LogP contribution is -2.31. The van der Waals surface area contributed by atoms with Gasteiger partial charge in [0.2, 0.25) is 0 Å². The molecule has 7 nitrogen and oxygen atoms in total. The van der Waals surface area contributed by atoms with Crippen molar-refractivity contribution < 1.29 is 23.8 Å². The Balaban J connectivity index is 1.79. The third-order valence-corrected chi connectivity index (χ3v) is 4.28. The number of primary amides is 1. The van der Waals surface area contributed by atoms with Gasteiger partial charge in [-0.05, 0) is 30.5 Å². The monoisotopic (exact) mass is 344 g/mol. The number of ether oxygens (including phenoxy) is 3. The van der Waals surface area contributed by atoms with Crippen LogP contribution < -0.4 is 20.5 Å². The molecule has 2 amide bonds. The SMILES string of the molecule is COc1cc2c(OCC[C@H]3NC(=O)O[C@@H]3C)cccc2cc1C(N)=O. The van der Waals surface area contributed by atoms with E-state index in [1.54, 1.807) is 12.1 Å². The first-order valence-corrected chi connectivity index (χ1v) is 8.00. The van der Waals surface area contributed by atoms with Gasteiger partial charge in [0.05, 0.1) is 25.3 Å². The number of rotatable bonds is 6. The molecule has 1 heterocycles. The minimum Gasteiger partial charge on any atom is -0.496 e. The highest BCUT2D eigenvalue weighted by molar-refractivity contribution is 6.02. The van der Waals surface area contributed by atoms with E-state index in [0.717, 1.165) is 10.8 Å². The van der Waals surface area contributed by atoms with Crippen LogP contribution in [0.15, 0.2) is 30.3 Å². The molecule has 7 heteroatoms. The summed E-state index contributed by atoms with van der Waals surface area (Å²) in [5, 5.41) is 4.41.